The van der Waals surface area contributed by atoms with Crippen LogP contribution in [0.5, 0.6) is 0 Å². The molecule has 0 radical (unpaired) electrons. The summed E-state index contributed by atoms with van der Waals surface area (Å²) < 4.78 is 2.07. The first-order chi connectivity index (χ1) is 5.93. The van der Waals surface area contributed by atoms with E-state index in [1.165, 1.54) is 0 Å². The van der Waals surface area contributed by atoms with Crippen LogP contribution in [0.1, 0.15) is 6.42 Å². The van der Waals surface area contributed by atoms with Crippen LogP contribution < -0.4 is 11.1 Å². The molecule has 1 aromatic rings. The van der Waals surface area contributed by atoms with Crippen molar-refractivity contribution in [3.8, 4) is 0 Å². The third-order valence-corrected chi connectivity index (χ3v) is 1.65. The lowest BCUT2D eigenvalue weighted by Gasteiger charge is -2.02. The third kappa shape index (κ3) is 3.50. The molecule has 0 spiro atoms. The standard InChI is InChI=1S/C8H16N4/c9-2-4-10-3-1-6-12-7-5-11-8-12/h5,7-8,10H,1-4,6,9H2. The van der Waals surface area contributed by atoms with Gasteiger partial charge in [0.2, 0.25) is 0 Å². The molecule has 4 nitrogen and oxygen atoms in total. The van der Waals surface area contributed by atoms with Gasteiger partial charge in [-0.05, 0) is 13.0 Å². The van der Waals surface area contributed by atoms with E-state index in [0.29, 0.717) is 6.54 Å². The van der Waals surface area contributed by atoms with Gasteiger partial charge in [0.15, 0.2) is 0 Å². The molecule has 0 bridgehead atoms. The Morgan fingerprint density at radius 2 is 2.33 bits per heavy atom. The van der Waals surface area contributed by atoms with Crippen LogP contribution in [-0.4, -0.2) is 29.2 Å². The fourth-order valence-corrected chi connectivity index (χ4v) is 1.03. The number of nitrogens with one attached hydrogen (secondary N) is 1. The van der Waals surface area contributed by atoms with E-state index in [2.05, 4.69) is 14.9 Å². The average molecular weight is 168 g/mol. The quantitative estimate of drug-likeness (QED) is 0.579. The third-order valence-electron chi connectivity index (χ3n) is 1.65. The highest BCUT2D eigenvalue weighted by Gasteiger charge is 1.89. The van der Waals surface area contributed by atoms with E-state index >= 15 is 0 Å². The summed E-state index contributed by atoms with van der Waals surface area (Å²) in [7, 11) is 0. The minimum Gasteiger partial charge on any atom is -0.337 e. The minimum atomic E-state index is 0.713. The summed E-state index contributed by atoms with van der Waals surface area (Å²) in [4.78, 5) is 3.96. The molecule has 3 N–H and O–H groups in total. The summed E-state index contributed by atoms with van der Waals surface area (Å²) in [5.74, 6) is 0. The summed E-state index contributed by atoms with van der Waals surface area (Å²) >= 11 is 0. The topological polar surface area (TPSA) is 55.9 Å². The molecule has 0 aliphatic rings. The number of rotatable bonds is 6. The lowest BCUT2D eigenvalue weighted by molar-refractivity contribution is 0.584. The Hall–Kier alpha value is -0.870. The van der Waals surface area contributed by atoms with Crippen molar-refractivity contribution in [1.82, 2.24) is 14.9 Å². The number of nitrogens with two attached hydrogens (primary N) is 1. The fourth-order valence-electron chi connectivity index (χ4n) is 1.03. The van der Waals surface area contributed by atoms with Crippen molar-refractivity contribution in [3.63, 3.8) is 0 Å². The van der Waals surface area contributed by atoms with Crippen molar-refractivity contribution >= 4 is 0 Å². The summed E-state index contributed by atoms with van der Waals surface area (Å²) in [6.07, 6.45) is 6.73. The Morgan fingerprint density at radius 1 is 1.42 bits per heavy atom. The van der Waals surface area contributed by atoms with Gasteiger partial charge in [-0.25, -0.2) is 4.98 Å². The first kappa shape index (κ1) is 9.22. The van der Waals surface area contributed by atoms with E-state index in [4.69, 9.17) is 5.73 Å². The van der Waals surface area contributed by atoms with Crippen molar-refractivity contribution in [2.45, 2.75) is 13.0 Å². The van der Waals surface area contributed by atoms with Crippen LogP contribution in [0.4, 0.5) is 0 Å². The molecule has 1 heterocycles. The van der Waals surface area contributed by atoms with Gasteiger partial charge in [0.05, 0.1) is 6.33 Å². The molecule has 1 rings (SSSR count). The predicted octanol–water partition coefficient (Wildman–Crippen LogP) is -0.179. The molecule has 0 atom stereocenters. The summed E-state index contributed by atoms with van der Waals surface area (Å²) in [6, 6.07) is 0. The Kier molecular flexibility index (Phi) is 4.41. The van der Waals surface area contributed by atoms with Crippen LogP contribution in [0, 0.1) is 0 Å². The van der Waals surface area contributed by atoms with Gasteiger partial charge in [-0.3, -0.25) is 0 Å². The molecule has 68 valence electrons. The van der Waals surface area contributed by atoms with Crippen LogP contribution in [-0.2, 0) is 6.54 Å². The number of nitrogens with zero attached hydrogens (tertiary/aromatic N) is 2. The number of imidazole rings is 1. The fraction of sp³-hybridized carbons (Fsp3) is 0.625. The van der Waals surface area contributed by atoms with Crippen LogP contribution >= 0.6 is 0 Å². The summed E-state index contributed by atoms with van der Waals surface area (Å²) in [5, 5.41) is 3.24. The van der Waals surface area contributed by atoms with Gasteiger partial charge < -0.3 is 15.6 Å². The molecule has 0 aliphatic heterocycles. The molecule has 0 saturated heterocycles. The molecule has 0 saturated carbocycles. The zero-order valence-corrected chi connectivity index (χ0v) is 7.24. The molecular formula is C8H16N4. The lowest BCUT2D eigenvalue weighted by Crippen LogP contribution is -2.23. The van der Waals surface area contributed by atoms with Gasteiger partial charge in [0.25, 0.3) is 0 Å². The maximum Gasteiger partial charge on any atom is 0.0945 e. The van der Waals surface area contributed by atoms with Crippen LogP contribution in [0.25, 0.3) is 0 Å². The number of aryl methyl sites for hydroxylation is 1. The zero-order chi connectivity index (χ0) is 8.65. The smallest absolute Gasteiger partial charge is 0.0945 e. The Bertz CT molecular complexity index is 183. The van der Waals surface area contributed by atoms with Gasteiger partial charge in [-0.2, -0.15) is 0 Å². The van der Waals surface area contributed by atoms with Crippen molar-refractivity contribution in [2.24, 2.45) is 5.73 Å². The van der Waals surface area contributed by atoms with Crippen molar-refractivity contribution in [1.29, 1.82) is 0 Å². The number of hydrogen-bond donors (Lipinski definition) is 2. The molecule has 1 aromatic heterocycles. The summed E-state index contributed by atoms with van der Waals surface area (Å²) in [6.45, 7) is 3.67. The Labute approximate surface area is 72.8 Å². The van der Waals surface area contributed by atoms with Crippen molar-refractivity contribution in [3.05, 3.63) is 18.7 Å². The monoisotopic (exact) mass is 168 g/mol. The van der Waals surface area contributed by atoms with E-state index in [1.54, 1.807) is 6.20 Å². The first-order valence-corrected chi connectivity index (χ1v) is 4.30. The van der Waals surface area contributed by atoms with E-state index < -0.39 is 0 Å². The molecule has 0 aromatic carbocycles. The van der Waals surface area contributed by atoms with Gasteiger partial charge in [-0.1, -0.05) is 0 Å². The molecule has 0 amide bonds. The van der Waals surface area contributed by atoms with Crippen LogP contribution in [0.15, 0.2) is 18.7 Å². The second kappa shape index (κ2) is 5.74. The van der Waals surface area contributed by atoms with E-state index in [-0.39, 0.29) is 0 Å². The first-order valence-electron chi connectivity index (χ1n) is 4.30. The molecule has 0 fully saturated rings. The molecule has 12 heavy (non-hydrogen) atoms. The van der Waals surface area contributed by atoms with Gasteiger partial charge in [0.1, 0.15) is 0 Å². The highest BCUT2D eigenvalue weighted by atomic mass is 15.0. The SMILES string of the molecule is NCCNCCCn1ccnc1. The number of aromatic nitrogens is 2. The zero-order valence-electron chi connectivity index (χ0n) is 7.24. The minimum absolute atomic E-state index is 0.713. The van der Waals surface area contributed by atoms with Crippen LogP contribution in [0.2, 0.25) is 0 Å². The van der Waals surface area contributed by atoms with E-state index in [1.807, 2.05) is 12.5 Å². The van der Waals surface area contributed by atoms with Crippen molar-refractivity contribution in [2.75, 3.05) is 19.6 Å². The second-order valence-electron chi connectivity index (χ2n) is 2.69. The normalized spacial score (nSPS) is 10.4. The Balaban J connectivity index is 1.96. The Morgan fingerprint density at radius 3 is 3.00 bits per heavy atom. The number of hydrogen-bond acceptors (Lipinski definition) is 3. The summed E-state index contributed by atoms with van der Waals surface area (Å²) in [5.41, 5.74) is 5.33. The predicted molar refractivity (Wildman–Crippen MR) is 48.8 cm³/mol. The molecular weight excluding hydrogens is 152 g/mol. The van der Waals surface area contributed by atoms with E-state index in [0.717, 1.165) is 26.1 Å². The molecule has 4 heteroatoms. The largest absolute Gasteiger partial charge is 0.337 e. The van der Waals surface area contributed by atoms with Gasteiger partial charge in [-0.15, -0.1) is 0 Å². The lowest BCUT2D eigenvalue weighted by atomic mass is 10.4. The maximum absolute atomic E-state index is 5.33. The average Bonchev–Trinajstić information content (AvgIpc) is 2.57. The maximum atomic E-state index is 5.33. The highest BCUT2D eigenvalue weighted by Crippen LogP contribution is 1.88. The highest BCUT2D eigenvalue weighted by molar-refractivity contribution is 4.73. The van der Waals surface area contributed by atoms with Gasteiger partial charge >= 0.3 is 0 Å². The van der Waals surface area contributed by atoms with Gasteiger partial charge in [0, 0.05) is 32.0 Å². The van der Waals surface area contributed by atoms with Crippen LogP contribution in [0.3, 0.4) is 0 Å². The second-order valence-corrected chi connectivity index (χ2v) is 2.69. The molecule has 0 aliphatic carbocycles. The van der Waals surface area contributed by atoms with Crippen molar-refractivity contribution < 1.29 is 0 Å². The van der Waals surface area contributed by atoms with E-state index in [9.17, 15) is 0 Å². The molecule has 0 unspecified atom stereocenters.